The van der Waals surface area contributed by atoms with Crippen molar-refractivity contribution in [3.8, 4) is 0 Å². The molecule has 0 radical (unpaired) electrons. The highest BCUT2D eigenvalue weighted by Crippen LogP contribution is 2.12. The standard InChI is InChI=1S/C13H17N5O2/c1-3-15-11-8-14-6-4-10(11)13(19)16-7-5-12-17-9(2)20-18-12/h4,6,8,15H,3,5,7H2,1-2H3,(H,16,19). The minimum atomic E-state index is -0.149. The number of hydrogen-bond donors (Lipinski definition) is 2. The molecule has 0 bridgehead atoms. The molecule has 0 atom stereocenters. The maximum absolute atomic E-state index is 12.1. The van der Waals surface area contributed by atoms with Crippen molar-refractivity contribution < 1.29 is 9.32 Å². The summed E-state index contributed by atoms with van der Waals surface area (Å²) in [6, 6.07) is 1.69. The van der Waals surface area contributed by atoms with Crippen molar-refractivity contribution >= 4 is 11.6 Å². The van der Waals surface area contributed by atoms with E-state index in [0.29, 0.717) is 30.2 Å². The molecule has 7 heteroatoms. The van der Waals surface area contributed by atoms with Gasteiger partial charge in [0.1, 0.15) is 0 Å². The molecule has 0 aliphatic heterocycles. The number of carbonyl (C=O) groups is 1. The number of hydrogen-bond acceptors (Lipinski definition) is 6. The number of nitrogens with one attached hydrogen (secondary N) is 2. The molecule has 7 nitrogen and oxygen atoms in total. The molecule has 0 spiro atoms. The summed E-state index contributed by atoms with van der Waals surface area (Å²) in [7, 11) is 0. The molecular formula is C13H17N5O2. The molecule has 2 N–H and O–H groups in total. The molecule has 20 heavy (non-hydrogen) atoms. The Balaban J connectivity index is 1.91. The zero-order valence-corrected chi connectivity index (χ0v) is 11.5. The molecule has 0 aliphatic rings. The van der Waals surface area contributed by atoms with E-state index in [1.807, 2.05) is 6.92 Å². The predicted octanol–water partition coefficient (Wildman–Crippen LogP) is 1.18. The summed E-state index contributed by atoms with van der Waals surface area (Å²) in [4.78, 5) is 20.2. The van der Waals surface area contributed by atoms with Crippen molar-refractivity contribution in [3.63, 3.8) is 0 Å². The first-order valence-electron chi connectivity index (χ1n) is 6.46. The van der Waals surface area contributed by atoms with Crippen LogP contribution in [0, 0.1) is 6.92 Å². The van der Waals surface area contributed by atoms with Gasteiger partial charge in [-0.3, -0.25) is 9.78 Å². The molecule has 2 heterocycles. The lowest BCUT2D eigenvalue weighted by atomic mass is 10.2. The van der Waals surface area contributed by atoms with Gasteiger partial charge in [-0.2, -0.15) is 4.98 Å². The Labute approximate surface area is 116 Å². The van der Waals surface area contributed by atoms with Gasteiger partial charge in [0.15, 0.2) is 5.82 Å². The number of aromatic nitrogens is 3. The minimum Gasteiger partial charge on any atom is -0.383 e. The first kappa shape index (κ1) is 14.0. The summed E-state index contributed by atoms with van der Waals surface area (Å²) >= 11 is 0. The maximum atomic E-state index is 12.1. The van der Waals surface area contributed by atoms with Gasteiger partial charge in [-0.25, -0.2) is 0 Å². The van der Waals surface area contributed by atoms with Crippen LogP contribution in [0.3, 0.4) is 0 Å². The molecule has 0 saturated heterocycles. The van der Waals surface area contributed by atoms with Gasteiger partial charge in [0.25, 0.3) is 5.91 Å². The van der Waals surface area contributed by atoms with Gasteiger partial charge >= 0.3 is 0 Å². The molecule has 2 rings (SSSR count). The number of aryl methyl sites for hydroxylation is 1. The van der Waals surface area contributed by atoms with E-state index < -0.39 is 0 Å². The van der Waals surface area contributed by atoms with Crippen LogP contribution in [0.2, 0.25) is 0 Å². The normalized spacial score (nSPS) is 10.3. The number of nitrogens with zero attached hydrogens (tertiary/aromatic N) is 3. The van der Waals surface area contributed by atoms with Gasteiger partial charge in [0.05, 0.1) is 17.4 Å². The highest BCUT2D eigenvalue weighted by Gasteiger charge is 2.11. The van der Waals surface area contributed by atoms with Crippen molar-refractivity contribution in [3.05, 3.63) is 35.7 Å². The quantitative estimate of drug-likeness (QED) is 0.822. The zero-order valence-electron chi connectivity index (χ0n) is 11.5. The van der Waals surface area contributed by atoms with Crippen molar-refractivity contribution in [2.75, 3.05) is 18.4 Å². The lowest BCUT2D eigenvalue weighted by molar-refractivity contribution is 0.0954. The van der Waals surface area contributed by atoms with Crippen LogP contribution in [0.5, 0.6) is 0 Å². The van der Waals surface area contributed by atoms with Gasteiger partial charge in [0.2, 0.25) is 5.89 Å². The Bertz CT molecular complexity index is 582. The minimum absolute atomic E-state index is 0.149. The second-order valence-corrected chi connectivity index (χ2v) is 4.19. The predicted molar refractivity (Wildman–Crippen MR) is 73.5 cm³/mol. The summed E-state index contributed by atoms with van der Waals surface area (Å²) in [5.74, 6) is 0.961. The summed E-state index contributed by atoms with van der Waals surface area (Å²) in [5.41, 5.74) is 1.30. The number of anilines is 1. The van der Waals surface area contributed by atoms with Gasteiger partial charge in [-0.15, -0.1) is 0 Å². The second-order valence-electron chi connectivity index (χ2n) is 4.19. The third-order valence-electron chi connectivity index (χ3n) is 2.64. The van der Waals surface area contributed by atoms with Crippen LogP contribution >= 0.6 is 0 Å². The van der Waals surface area contributed by atoms with Crippen LogP contribution in [0.15, 0.2) is 23.0 Å². The smallest absolute Gasteiger partial charge is 0.253 e. The van der Waals surface area contributed by atoms with Gasteiger partial charge in [-0.05, 0) is 13.0 Å². The first-order chi connectivity index (χ1) is 9.70. The fourth-order valence-electron chi connectivity index (χ4n) is 1.75. The SMILES string of the molecule is CCNc1cnccc1C(=O)NCCc1noc(C)n1. The summed E-state index contributed by atoms with van der Waals surface area (Å²) in [5, 5.41) is 9.71. The number of rotatable bonds is 6. The van der Waals surface area contributed by atoms with E-state index in [0.717, 1.165) is 12.2 Å². The van der Waals surface area contributed by atoms with E-state index in [4.69, 9.17) is 4.52 Å². The lowest BCUT2D eigenvalue weighted by Gasteiger charge is -2.09. The topological polar surface area (TPSA) is 92.9 Å². The van der Waals surface area contributed by atoms with E-state index in [9.17, 15) is 4.79 Å². The molecule has 106 valence electrons. The van der Waals surface area contributed by atoms with Crippen LogP contribution in [0.25, 0.3) is 0 Å². The Kier molecular flexibility index (Phi) is 4.65. The fourth-order valence-corrected chi connectivity index (χ4v) is 1.75. The largest absolute Gasteiger partial charge is 0.383 e. The van der Waals surface area contributed by atoms with E-state index in [2.05, 4.69) is 25.8 Å². The zero-order chi connectivity index (χ0) is 14.4. The summed E-state index contributed by atoms with van der Waals surface area (Å²) in [6.07, 6.45) is 3.77. The summed E-state index contributed by atoms with van der Waals surface area (Å²) < 4.78 is 4.87. The third kappa shape index (κ3) is 3.53. The Morgan fingerprint density at radius 2 is 2.30 bits per heavy atom. The molecule has 0 saturated carbocycles. The Morgan fingerprint density at radius 1 is 1.45 bits per heavy atom. The fraction of sp³-hybridized carbons (Fsp3) is 0.385. The monoisotopic (exact) mass is 275 g/mol. The summed E-state index contributed by atoms with van der Waals surface area (Å²) in [6.45, 7) is 4.88. The molecule has 0 aromatic carbocycles. The molecule has 0 fully saturated rings. The second kappa shape index (κ2) is 6.65. The molecule has 0 aliphatic carbocycles. The Morgan fingerprint density at radius 3 is 3.00 bits per heavy atom. The molecular weight excluding hydrogens is 258 g/mol. The van der Waals surface area contributed by atoms with Crippen molar-refractivity contribution in [1.82, 2.24) is 20.4 Å². The Hall–Kier alpha value is -2.44. The highest BCUT2D eigenvalue weighted by atomic mass is 16.5. The average molecular weight is 275 g/mol. The maximum Gasteiger partial charge on any atom is 0.253 e. The van der Waals surface area contributed by atoms with Crippen molar-refractivity contribution in [2.24, 2.45) is 0 Å². The highest BCUT2D eigenvalue weighted by molar-refractivity contribution is 5.99. The lowest BCUT2D eigenvalue weighted by Crippen LogP contribution is -2.27. The first-order valence-corrected chi connectivity index (χ1v) is 6.46. The third-order valence-corrected chi connectivity index (χ3v) is 2.64. The van der Waals surface area contributed by atoms with Crippen LogP contribution in [0.1, 0.15) is 29.0 Å². The van der Waals surface area contributed by atoms with E-state index in [-0.39, 0.29) is 5.91 Å². The van der Waals surface area contributed by atoms with Crippen LogP contribution < -0.4 is 10.6 Å². The van der Waals surface area contributed by atoms with Gasteiger partial charge < -0.3 is 15.2 Å². The molecule has 0 unspecified atom stereocenters. The van der Waals surface area contributed by atoms with Crippen LogP contribution in [-0.4, -0.2) is 34.1 Å². The van der Waals surface area contributed by atoms with Crippen molar-refractivity contribution in [1.29, 1.82) is 0 Å². The van der Waals surface area contributed by atoms with Crippen molar-refractivity contribution in [2.45, 2.75) is 20.3 Å². The van der Waals surface area contributed by atoms with Gasteiger partial charge in [-0.1, -0.05) is 5.16 Å². The molecule has 1 amide bonds. The van der Waals surface area contributed by atoms with Gasteiger partial charge in [0, 0.05) is 32.6 Å². The van der Waals surface area contributed by atoms with Crippen LogP contribution in [-0.2, 0) is 6.42 Å². The number of amides is 1. The number of pyridine rings is 1. The van der Waals surface area contributed by atoms with E-state index in [1.165, 1.54) is 0 Å². The van der Waals surface area contributed by atoms with E-state index >= 15 is 0 Å². The average Bonchev–Trinajstić information content (AvgIpc) is 2.85. The molecule has 2 aromatic rings. The van der Waals surface area contributed by atoms with Crippen LogP contribution in [0.4, 0.5) is 5.69 Å². The van der Waals surface area contributed by atoms with E-state index in [1.54, 1.807) is 25.4 Å². The number of carbonyl (C=O) groups excluding carboxylic acids is 1. The molecule has 2 aromatic heterocycles.